The lowest BCUT2D eigenvalue weighted by atomic mass is 10.2. The molecule has 0 aliphatic carbocycles. The molecule has 1 heterocycles. The van der Waals surface area contributed by atoms with E-state index in [0.717, 1.165) is 11.3 Å². The average molecular weight is 326 g/mol. The Labute approximate surface area is 137 Å². The maximum atomic E-state index is 12.2. The lowest BCUT2D eigenvalue weighted by Gasteiger charge is -2.35. The molecule has 2 atom stereocenters. The van der Waals surface area contributed by atoms with E-state index in [2.05, 4.69) is 0 Å². The molecular formula is C17H24ClNO3. The molecule has 0 N–H and O–H groups in total. The molecule has 0 aromatic heterocycles. The van der Waals surface area contributed by atoms with Gasteiger partial charge in [0.1, 0.15) is 5.75 Å². The normalized spacial score (nSPS) is 21.7. The van der Waals surface area contributed by atoms with Gasteiger partial charge in [-0.25, -0.2) is 0 Å². The third-order valence-electron chi connectivity index (χ3n) is 3.70. The third-order valence-corrected chi connectivity index (χ3v) is 3.94. The summed E-state index contributed by atoms with van der Waals surface area (Å²) >= 11 is 5.91. The summed E-state index contributed by atoms with van der Waals surface area (Å²) in [6, 6.07) is 5.55. The van der Waals surface area contributed by atoms with Crippen molar-refractivity contribution in [3.63, 3.8) is 0 Å². The Hall–Kier alpha value is -1.26. The van der Waals surface area contributed by atoms with E-state index < -0.39 is 0 Å². The molecule has 2 rings (SSSR count). The number of hydrogen-bond acceptors (Lipinski definition) is 3. The van der Waals surface area contributed by atoms with Crippen LogP contribution in [0.3, 0.4) is 0 Å². The van der Waals surface area contributed by atoms with Crippen molar-refractivity contribution in [1.82, 2.24) is 4.90 Å². The van der Waals surface area contributed by atoms with E-state index in [1.54, 1.807) is 0 Å². The number of carbonyl (C=O) groups excluding carboxylic acids is 1. The number of hydrogen-bond donors (Lipinski definition) is 0. The molecule has 122 valence electrons. The number of benzene rings is 1. The molecule has 1 saturated heterocycles. The molecule has 5 heteroatoms. The smallest absolute Gasteiger partial charge is 0.222 e. The summed E-state index contributed by atoms with van der Waals surface area (Å²) in [5.41, 5.74) is 1.01. The van der Waals surface area contributed by atoms with Gasteiger partial charge in [0.2, 0.25) is 5.91 Å². The number of morpholine rings is 1. The minimum absolute atomic E-state index is 0.112. The standard InChI is InChI=1S/C17H24ClNO3/c1-12-9-15(18)6-7-16(12)21-8-4-5-17(20)19-10-13(2)22-14(3)11-19/h6-7,9,13-14H,4-5,8,10-11H2,1-3H3/t13-,14-/m0/s1. The Morgan fingerprint density at radius 1 is 1.36 bits per heavy atom. The van der Waals surface area contributed by atoms with Crippen LogP contribution in [0.25, 0.3) is 0 Å². The van der Waals surface area contributed by atoms with Crippen LogP contribution in [0.2, 0.25) is 5.02 Å². The number of ether oxygens (including phenoxy) is 2. The first-order chi connectivity index (χ1) is 10.5. The Morgan fingerprint density at radius 2 is 2.05 bits per heavy atom. The quantitative estimate of drug-likeness (QED) is 0.778. The molecule has 0 unspecified atom stereocenters. The van der Waals surface area contributed by atoms with Crippen molar-refractivity contribution in [3.8, 4) is 5.75 Å². The fourth-order valence-corrected chi connectivity index (χ4v) is 2.95. The highest BCUT2D eigenvalue weighted by Gasteiger charge is 2.25. The van der Waals surface area contributed by atoms with Gasteiger partial charge in [0, 0.05) is 24.5 Å². The van der Waals surface area contributed by atoms with Crippen molar-refractivity contribution in [1.29, 1.82) is 0 Å². The molecule has 4 nitrogen and oxygen atoms in total. The first-order valence-corrected chi connectivity index (χ1v) is 8.15. The number of halogens is 1. The maximum absolute atomic E-state index is 12.2. The number of aryl methyl sites for hydroxylation is 1. The van der Waals surface area contributed by atoms with E-state index >= 15 is 0 Å². The molecule has 22 heavy (non-hydrogen) atoms. The van der Waals surface area contributed by atoms with Crippen LogP contribution in [-0.4, -0.2) is 42.7 Å². The van der Waals surface area contributed by atoms with Gasteiger partial charge in [-0.15, -0.1) is 0 Å². The molecule has 1 aliphatic heterocycles. The summed E-state index contributed by atoms with van der Waals surface area (Å²) in [6.45, 7) is 7.86. The van der Waals surface area contributed by atoms with Crippen LogP contribution in [-0.2, 0) is 9.53 Å². The lowest BCUT2D eigenvalue weighted by molar-refractivity contribution is -0.143. The zero-order chi connectivity index (χ0) is 16.1. The fourth-order valence-electron chi connectivity index (χ4n) is 2.72. The van der Waals surface area contributed by atoms with Crippen molar-refractivity contribution in [2.75, 3.05) is 19.7 Å². The summed E-state index contributed by atoms with van der Waals surface area (Å²) in [7, 11) is 0. The van der Waals surface area contributed by atoms with Crippen molar-refractivity contribution < 1.29 is 14.3 Å². The van der Waals surface area contributed by atoms with Gasteiger partial charge >= 0.3 is 0 Å². The Morgan fingerprint density at radius 3 is 2.68 bits per heavy atom. The fraction of sp³-hybridized carbons (Fsp3) is 0.588. The molecule has 1 aromatic rings. The first kappa shape index (κ1) is 17.1. The third kappa shape index (κ3) is 4.89. The van der Waals surface area contributed by atoms with E-state index in [-0.39, 0.29) is 18.1 Å². The number of amides is 1. The second kappa shape index (κ2) is 7.84. The Kier molecular flexibility index (Phi) is 6.09. The van der Waals surface area contributed by atoms with Crippen LogP contribution in [0.15, 0.2) is 18.2 Å². The SMILES string of the molecule is Cc1cc(Cl)ccc1OCCCC(=O)N1C[C@H](C)O[C@@H](C)C1. The molecule has 0 saturated carbocycles. The van der Waals surface area contributed by atoms with Gasteiger partial charge in [-0.05, 0) is 51.0 Å². The number of nitrogens with zero attached hydrogens (tertiary/aromatic N) is 1. The van der Waals surface area contributed by atoms with Crippen LogP contribution < -0.4 is 4.74 Å². The van der Waals surface area contributed by atoms with Crippen LogP contribution in [0.5, 0.6) is 5.75 Å². The van der Waals surface area contributed by atoms with E-state index in [1.165, 1.54) is 0 Å². The Bertz CT molecular complexity index is 511. The maximum Gasteiger partial charge on any atom is 0.222 e. The minimum atomic E-state index is 0.112. The van der Waals surface area contributed by atoms with Gasteiger partial charge in [-0.3, -0.25) is 4.79 Å². The monoisotopic (exact) mass is 325 g/mol. The van der Waals surface area contributed by atoms with Crippen molar-refractivity contribution in [2.24, 2.45) is 0 Å². The molecule has 1 amide bonds. The van der Waals surface area contributed by atoms with E-state index in [4.69, 9.17) is 21.1 Å². The van der Waals surface area contributed by atoms with Crippen LogP contribution in [0, 0.1) is 6.92 Å². The molecule has 1 aromatic carbocycles. The van der Waals surface area contributed by atoms with Crippen molar-refractivity contribution >= 4 is 17.5 Å². The highest BCUT2D eigenvalue weighted by molar-refractivity contribution is 6.30. The number of rotatable bonds is 5. The second-order valence-corrected chi connectivity index (χ2v) is 6.35. The average Bonchev–Trinajstić information content (AvgIpc) is 2.44. The first-order valence-electron chi connectivity index (χ1n) is 7.78. The minimum Gasteiger partial charge on any atom is -0.493 e. The summed E-state index contributed by atoms with van der Waals surface area (Å²) in [5.74, 6) is 1.00. The van der Waals surface area contributed by atoms with Gasteiger partial charge in [-0.1, -0.05) is 11.6 Å². The van der Waals surface area contributed by atoms with Gasteiger partial charge in [0.05, 0.1) is 18.8 Å². The predicted octanol–water partition coefficient (Wildman–Crippen LogP) is 3.44. The van der Waals surface area contributed by atoms with Crippen molar-refractivity contribution in [3.05, 3.63) is 28.8 Å². The largest absolute Gasteiger partial charge is 0.493 e. The summed E-state index contributed by atoms with van der Waals surface area (Å²) in [4.78, 5) is 14.1. The predicted molar refractivity (Wildman–Crippen MR) is 87.5 cm³/mol. The van der Waals surface area contributed by atoms with E-state index in [0.29, 0.717) is 37.6 Å². The molecule has 0 radical (unpaired) electrons. The highest BCUT2D eigenvalue weighted by Crippen LogP contribution is 2.22. The van der Waals surface area contributed by atoms with E-state index in [1.807, 2.05) is 43.9 Å². The van der Waals surface area contributed by atoms with Crippen LogP contribution >= 0.6 is 11.6 Å². The van der Waals surface area contributed by atoms with Crippen LogP contribution in [0.1, 0.15) is 32.3 Å². The number of carbonyl (C=O) groups is 1. The summed E-state index contributed by atoms with van der Waals surface area (Å²) < 4.78 is 11.4. The highest BCUT2D eigenvalue weighted by atomic mass is 35.5. The zero-order valence-corrected chi connectivity index (χ0v) is 14.2. The van der Waals surface area contributed by atoms with E-state index in [9.17, 15) is 4.79 Å². The van der Waals surface area contributed by atoms with Crippen molar-refractivity contribution in [2.45, 2.75) is 45.8 Å². The Balaban J connectivity index is 1.73. The summed E-state index contributed by atoms with van der Waals surface area (Å²) in [5, 5.41) is 0.704. The van der Waals surface area contributed by atoms with Gasteiger partial charge in [-0.2, -0.15) is 0 Å². The zero-order valence-electron chi connectivity index (χ0n) is 13.5. The lowest BCUT2D eigenvalue weighted by Crippen LogP contribution is -2.48. The topological polar surface area (TPSA) is 38.8 Å². The van der Waals surface area contributed by atoms with Crippen LogP contribution in [0.4, 0.5) is 0 Å². The van der Waals surface area contributed by atoms with Gasteiger partial charge in [0.15, 0.2) is 0 Å². The molecular weight excluding hydrogens is 302 g/mol. The molecule has 1 aliphatic rings. The molecule has 0 spiro atoms. The molecule has 1 fully saturated rings. The molecule has 0 bridgehead atoms. The second-order valence-electron chi connectivity index (χ2n) is 5.92. The van der Waals surface area contributed by atoms with Gasteiger partial charge in [0.25, 0.3) is 0 Å². The van der Waals surface area contributed by atoms with Gasteiger partial charge < -0.3 is 14.4 Å². The summed E-state index contributed by atoms with van der Waals surface area (Å²) in [6.07, 6.45) is 1.44.